The van der Waals surface area contributed by atoms with Gasteiger partial charge in [-0.05, 0) is 25.8 Å². The summed E-state index contributed by atoms with van der Waals surface area (Å²) >= 11 is 0. The Labute approximate surface area is 184 Å². The summed E-state index contributed by atoms with van der Waals surface area (Å²) in [7, 11) is 1.00. The third kappa shape index (κ3) is 5.71. The minimum absolute atomic E-state index is 0.0245. The maximum absolute atomic E-state index is 12.7. The van der Waals surface area contributed by atoms with E-state index in [2.05, 4.69) is 15.1 Å². The lowest BCUT2D eigenvalue weighted by atomic mass is 9.90. The quantitative estimate of drug-likeness (QED) is 0.541. The first-order valence-corrected chi connectivity index (χ1v) is 11.1. The summed E-state index contributed by atoms with van der Waals surface area (Å²) < 4.78 is 5.74. The van der Waals surface area contributed by atoms with Crippen LogP contribution in [0.5, 0.6) is 0 Å². The van der Waals surface area contributed by atoms with Gasteiger partial charge in [-0.25, -0.2) is 0 Å². The number of carbonyl (C=O) groups excluding carboxylic acids is 2. The predicted molar refractivity (Wildman–Crippen MR) is 119 cm³/mol. The van der Waals surface area contributed by atoms with E-state index in [1.54, 1.807) is 24.3 Å². The Morgan fingerprint density at radius 2 is 1.71 bits per heavy atom. The fourth-order valence-corrected chi connectivity index (χ4v) is 4.36. The van der Waals surface area contributed by atoms with Crippen molar-refractivity contribution in [1.29, 1.82) is 0 Å². The molecule has 8 nitrogen and oxygen atoms in total. The van der Waals surface area contributed by atoms with Crippen molar-refractivity contribution in [3.05, 3.63) is 46.8 Å². The van der Waals surface area contributed by atoms with Gasteiger partial charge in [-0.3, -0.25) is 14.5 Å². The topological polar surface area (TPSA) is 108 Å². The van der Waals surface area contributed by atoms with Crippen LogP contribution in [0, 0.1) is 0 Å². The highest BCUT2D eigenvalue weighted by Crippen LogP contribution is 2.22. The molecule has 4 rings (SSSR count). The average Bonchev–Trinajstić information content (AvgIpc) is 3.32. The zero-order valence-corrected chi connectivity index (χ0v) is 18.3. The van der Waals surface area contributed by atoms with Crippen LogP contribution in [0.25, 0.3) is 0 Å². The van der Waals surface area contributed by atoms with Crippen LogP contribution in [0.3, 0.4) is 0 Å². The number of Topliss-reactive ketones (excluding diaryl/α,β-unsaturated/α-hetero) is 2. The number of benzene rings is 1. The first kappa shape index (κ1) is 23.4. The van der Waals surface area contributed by atoms with Gasteiger partial charge in [0.25, 0.3) is 0 Å². The highest BCUT2D eigenvalue weighted by atomic mass is 16.5. The first-order valence-electron chi connectivity index (χ1n) is 11.1. The number of piperazine rings is 1. The number of hydrogen-bond donors (Lipinski definition) is 3. The van der Waals surface area contributed by atoms with E-state index in [0.717, 1.165) is 59.4 Å². The Hall–Kier alpha value is -2.26. The van der Waals surface area contributed by atoms with Crippen molar-refractivity contribution < 1.29 is 19.4 Å². The fourth-order valence-electron chi connectivity index (χ4n) is 4.36. The number of allylic oxidation sites excluding steroid dienone is 2. The van der Waals surface area contributed by atoms with E-state index < -0.39 is 0 Å². The normalized spacial score (nSPS) is 22.2. The molecule has 4 N–H and O–H groups in total. The standard InChI is InChI=1S/C22H30N4O3.CH4O/c23-19-20(22(28)18-7-2-1-6-17(18)21(19)27)24-8-4-9-25-10-12-26(13-11-25)15-16-5-3-14-29-16;1-2/h1-2,6-7,16,24H,3-5,8-15,23H2;2H,1H3. The summed E-state index contributed by atoms with van der Waals surface area (Å²) in [6.45, 7) is 7.83. The lowest BCUT2D eigenvalue weighted by Gasteiger charge is -2.35. The molecule has 0 amide bonds. The molecule has 2 saturated heterocycles. The molecule has 0 aromatic heterocycles. The molecule has 170 valence electrons. The average molecular weight is 431 g/mol. The second-order valence-electron chi connectivity index (χ2n) is 8.05. The van der Waals surface area contributed by atoms with Crippen molar-refractivity contribution >= 4 is 11.6 Å². The third-order valence-electron chi connectivity index (χ3n) is 6.06. The predicted octanol–water partition coefficient (Wildman–Crippen LogP) is 0.621. The summed E-state index contributed by atoms with van der Waals surface area (Å²) in [4.78, 5) is 30.0. The largest absolute Gasteiger partial charge is 0.400 e. The van der Waals surface area contributed by atoms with Gasteiger partial charge in [-0.15, -0.1) is 0 Å². The maximum atomic E-state index is 12.7. The smallest absolute Gasteiger partial charge is 0.211 e. The number of fused-ring (bicyclic) bond motifs is 1. The van der Waals surface area contributed by atoms with E-state index in [1.165, 1.54) is 12.8 Å². The molecule has 1 atom stereocenters. The molecule has 1 unspecified atom stereocenters. The number of rotatable bonds is 7. The van der Waals surface area contributed by atoms with Crippen molar-refractivity contribution in [2.75, 3.05) is 59.5 Å². The number of carbonyl (C=O) groups is 2. The number of ketones is 2. The van der Waals surface area contributed by atoms with Gasteiger partial charge >= 0.3 is 0 Å². The second-order valence-corrected chi connectivity index (χ2v) is 8.05. The zero-order valence-electron chi connectivity index (χ0n) is 18.3. The second kappa shape index (κ2) is 11.4. The Balaban J connectivity index is 0.00000132. The molecule has 8 heteroatoms. The molecule has 3 aliphatic rings. The Morgan fingerprint density at radius 3 is 2.35 bits per heavy atom. The summed E-state index contributed by atoms with van der Waals surface area (Å²) in [5.74, 6) is -0.467. The number of nitrogens with one attached hydrogen (secondary N) is 1. The van der Waals surface area contributed by atoms with Gasteiger partial charge in [0.05, 0.1) is 6.10 Å². The van der Waals surface area contributed by atoms with Crippen molar-refractivity contribution in [1.82, 2.24) is 15.1 Å². The van der Waals surface area contributed by atoms with Crippen LogP contribution >= 0.6 is 0 Å². The first-order chi connectivity index (χ1) is 15.1. The Bertz CT molecular complexity index is 797. The zero-order chi connectivity index (χ0) is 22.2. The summed E-state index contributed by atoms with van der Waals surface area (Å²) in [5, 5.41) is 10.1. The molecule has 1 aromatic rings. The number of aliphatic hydroxyl groups is 1. The van der Waals surface area contributed by atoms with Gasteiger partial charge in [0.2, 0.25) is 11.6 Å². The Kier molecular flexibility index (Phi) is 8.60. The van der Waals surface area contributed by atoms with Gasteiger partial charge in [-0.1, -0.05) is 24.3 Å². The molecule has 0 bridgehead atoms. The van der Waals surface area contributed by atoms with E-state index in [1.807, 2.05) is 0 Å². The van der Waals surface area contributed by atoms with E-state index in [9.17, 15) is 9.59 Å². The molecular formula is C23H34N4O4. The molecule has 2 heterocycles. The van der Waals surface area contributed by atoms with Crippen LogP contribution in [0.15, 0.2) is 35.7 Å². The van der Waals surface area contributed by atoms with Crippen molar-refractivity contribution in [3.8, 4) is 0 Å². The number of aliphatic hydroxyl groups excluding tert-OH is 1. The number of ether oxygens (including phenoxy) is 1. The minimum atomic E-state index is -0.273. The number of nitrogens with zero attached hydrogens (tertiary/aromatic N) is 2. The van der Waals surface area contributed by atoms with E-state index >= 15 is 0 Å². The highest BCUT2D eigenvalue weighted by Gasteiger charge is 2.30. The third-order valence-corrected chi connectivity index (χ3v) is 6.06. The molecule has 0 spiro atoms. The monoisotopic (exact) mass is 430 g/mol. The van der Waals surface area contributed by atoms with Gasteiger partial charge in [-0.2, -0.15) is 0 Å². The highest BCUT2D eigenvalue weighted by molar-refractivity contribution is 6.26. The summed E-state index contributed by atoms with van der Waals surface area (Å²) in [6.07, 6.45) is 3.70. The van der Waals surface area contributed by atoms with Crippen LogP contribution in [0.1, 0.15) is 40.0 Å². The molecule has 1 aromatic carbocycles. The van der Waals surface area contributed by atoms with Crippen molar-refractivity contribution in [2.45, 2.75) is 25.4 Å². The number of nitrogens with two attached hydrogens (primary N) is 1. The minimum Gasteiger partial charge on any atom is -0.400 e. The molecular weight excluding hydrogens is 396 g/mol. The molecule has 31 heavy (non-hydrogen) atoms. The van der Waals surface area contributed by atoms with E-state index in [-0.39, 0.29) is 23.0 Å². The van der Waals surface area contributed by atoms with Crippen molar-refractivity contribution in [2.24, 2.45) is 5.73 Å². The van der Waals surface area contributed by atoms with Crippen LogP contribution in [0.2, 0.25) is 0 Å². The molecule has 0 saturated carbocycles. The van der Waals surface area contributed by atoms with Gasteiger partial charge < -0.3 is 25.8 Å². The van der Waals surface area contributed by atoms with Crippen LogP contribution < -0.4 is 11.1 Å². The fraction of sp³-hybridized carbons (Fsp3) is 0.565. The van der Waals surface area contributed by atoms with Crippen LogP contribution in [-0.4, -0.2) is 92.1 Å². The maximum Gasteiger partial charge on any atom is 0.211 e. The molecule has 0 radical (unpaired) electrons. The van der Waals surface area contributed by atoms with E-state index in [0.29, 0.717) is 23.8 Å². The number of hydrogen-bond acceptors (Lipinski definition) is 8. The lowest BCUT2D eigenvalue weighted by molar-refractivity contribution is 0.0503. The van der Waals surface area contributed by atoms with Gasteiger partial charge in [0.1, 0.15) is 11.4 Å². The lowest BCUT2D eigenvalue weighted by Crippen LogP contribution is -2.48. The summed E-state index contributed by atoms with van der Waals surface area (Å²) in [5.41, 5.74) is 7.04. The molecule has 1 aliphatic carbocycles. The van der Waals surface area contributed by atoms with Crippen LogP contribution in [-0.2, 0) is 4.74 Å². The van der Waals surface area contributed by atoms with Gasteiger partial charge in [0.15, 0.2) is 0 Å². The summed E-state index contributed by atoms with van der Waals surface area (Å²) in [6, 6.07) is 6.84. The molecule has 2 fully saturated rings. The van der Waals surface area contributed by atoms with Gasteiger partial charge in [0, 0.05) is 64.1 Å². The van der Waals surface area contributed by atoms with E-state index in [4.69, 9.17) is 15.6 Å². The van der Waals surface area contributed by atoms with Crippen LogP contribution in [0.4, 0.5) is 0 Å². The Morgan fingerprint density at radius 1 is 1.06 bits per heavy atom. The SMILES string of the molecule is CO.NC1=C(NCCCN2CCN(CC3CCCO3)CC2)C(=O)c2ccccc2C1=O. The van der Waals surface area contributed by atoms with Crippen molar-refractivity contribution in [3.63, 3.8) is 0 Å². The molecule has 2 aliphatic heterocycles.